The molecule has 6 nitrogen and oxygen atoms in total. The third-order valence-electron chi connectivity index (χ3n) is 3.10. The van der Waals surface area contributed by atoms with Gasteiger partial charge in [-0.1, -0.05) is 23.7 Å². The van der Waals surface area contributed by atoms with Crippen molar-refractivity contribution in [3.63, 3.8) is 0 Å². The first-order chi connectivity index (χ1) is 11.2. The van der Waals surface area contributed by atoms with E-state index in [1.165, 1.54) is 12.4 Å². The molecule has 1 amide bonds. The summed E-state index contributed by atoms with van der Waals surface area (Å²) in [5.41, 5.74) is 5.36. The van der Waals surface area contributed by atoms with E-state index in [2.05, 4.69) is 25.7 Å². The Kier molecular flexibility index (Phi) is 4.44. The van der Waals surface area contributed by atoms with Gasteiger partial charge in [0, 0.05) is 28.5 Å². The molecule has 2 aromatic heterocycles. The molecule has 0 aliphatic rings. The first-order valence-electron chi connectivity index (χ1n) is 6.77. The van der Waals surface area contributed by atoms with Crippen LogP contribution >= 0.6 is 11.6 Å². The fourth-order valence-corrected chi connectivity index (χ4v) is 2.09. The number of aromatic nitrogens is 3. The zero-order valence-corrected chi connectivity index (χ0v) is 12.7. The highest BCUT2D eigenvalue weighted by Crippen LogP contribution is 2.21. The minimum atomic E-state index is -0.328. The van der Waals surface area contributed by atoms with Crippen molar-refractivity contribution >= 4 is 23.7 Å². The van der Waals surface area contributed by atoms with E-state index in [0.29, 0.717) is 10.6 Å². The van der Waals surface area contributed by atoms with Crippen molar-refractivity contribution in [3.8, 4) is 11.3 Å². The minimum absolute atomic E-state index is 0.328. The lowest BCUT2D eigenvalue weighted by Crippen LogP contribution is -2.17. The molecule has 0 bridgehead atoms. The maximum atomic E-state index is 11.9. The molecule has 0 aliphatic carbocycles. The molecular weight excluding hydrogens is 314 g/mol. The van der Waals surface area contributed by atoms with Gasteiger partial charge in [0.1, 0.15) is 0 Å². The number of benzene rings is 1. The van der Waals surface area contributed by atoms with Gasteiger partial charge in [-0.2, -0.15) is 10.2 Å². The summed E-state index contributed by atoms with van der Waals surface area (Å²) in [6, 6.07) is 10.7. The maximum Gasteiger partial charge on any atom is 0.272 e. The molecule has 0 aliphatic heterocycles. The van der Waals surface area contributed by atoms with Crippen LogP contribution in [-0.4, -0.2) is 27.3 Å². The fourth-order valence-electron chi connectivity index (χ4n) is 1.96. The normalized spacial score (nSPS) is 10.8. The van der Waals surface area contributed by atoms with E-state index in [4.69, 9.17) is 11.6 Å². The fraction of sp³-hybridized carbons (Fsp3) is 0. The van der Waals surface area contributed by atoms with Crippen molar-refractivity contribution in [3.05, 3.63) is 71.1 Å². The number of nitrogens with one attached hydrogen (secondary N) is 2. The quantitative estimate of drug-likeness (QED) is 0.571. The van der Waals surface area contributed by atoms with Gasteiger partial charge >= 0.3 is 0 Å². The third kappa shape index (κ3) is 3.61. The number of hydrogen-bond acceptors (Lipinski definition) is 4. The first-order valence-corrected chi connectivity index (χ1v) is 7.14. The Balaban J connectivity index is 1.73. The number of nitrogens with zero attached hydrogens (tertiary/aromatic N) is 3. The van der Waals surface area contributed by atoms with Crippen LogP contribution < -0.4 is 5.43 Å². The summed E-state index contributed by atoms with van der Waals surface area (Å²) in [6.07, 6.45) is 6.23. The van der Waals surface area contributed by atoms with Gasteiger partial charge in [-0.25, -0.2) is 5.43 Å². The van der Waals surface area contributed by atoms with Crippen LogP contribution in [0.4, 0.5) is 0 Å². The maximum absolute atomic E-state index is 11.9. The molecule has 0 unspecified atom stereocenters. The van der Waals surface area contributed by atoms with Gasteiger partial charge in [-0.3, -0.25) is 14.9 Å². The summed E-state index contributed by atoms with van der Waals surface area (Å²) in [7, 11) is 0. The van der Waals surface area contributed by atoms with E-state index < -0.39 is 0 Å². The number of carbonyl (C=O) groups excluding carboxylic acids is 1. The van der Waals surface area contributed by atoms with E-state index >= 15 is 0 Å². The molecule has 0 saturated carbocycles. The average molecular weight is 326 g/mol. The summed E-state index contributed by atoms with van der Waals surface area (Å²) in [6.45, 7) is 0. The van der Waals surface area contributed by atoms with Gasteiger partial charge in [0.2, 0.25) is 0 Å². The zero-order valence-electron chi connectivity index (χ0n) is 11.9. The Labute approximate surface area is 137 Å². The van der Waals surface area contributed by atoms with Crippen molar-refractivity contribution in [2.45, 2.75) is 0 Å². The Morgan fingerprint density at radius 1 is 1.22 bits per heavy atom. The predicted octanol–water partition coefficient (Wildman–Crippen LogP) is 2.89. The highest BCUT2D eigenvalue weighted by molar-refractivity contribution is 6.30. The van der Waals surface area contributed by atoms with E-state index in [1.54, 1.807) is 36.7 Å². The van der Waals surface area contributed by atoms with Crippen molar-refractivity contribution in [1.82, 2.24) is 20.6 Å². The third-order valence-corrected chi connectivity index (χ3v) is 3.35. The standard InChI is InChI=1S/C16H12ClN5O/c17-14-5-3-11(4-6-14)15-13(9-19-21-15)10-20-22-16(23)12-2-1-7-18-8-12/h1-10H,(H,19,21)(H,22,23)/b20-10+. The van der Waals surface area contributed by atoms with E-state index in [-0.39, 0.29) is 5.91 Å². The van der Waals surface area contributed by atoms with Gasteiger partial charge in [0.25, 0.3) is 5.91 Å². The second kappa shape index (κ2) is 6.85. The molecule has 0 spiro atoms. The summed E-state index contributed by atoms with van der Waals surface area (Å²) in [5, 5.41) is 11.5. The molecule has 0 radical (unpaired) electrons. The van der Waals surface area contributed by atoms with Crippen LogP contribution in [0.2, 0.25) is 5.02 Å². The summed E-state index contributed by atoms with van der Waals surface area (Å²) in [4.78, 5) is 15.7. The van der Waals surface area contributed by atoms with Gasteiger partial charge in [0.15, 0.2) is 0 Å². The van der Waals surface area contributed by atoms with E-state index in [1.807, 2.05) is 12.1 Å². The molecule has 0 atom stereocenters. The van der Waals surface area contributed by atoms with Gasteiger partial charge < -0.3 is 0 Å². The van der Waals surface area contributed by atoms with Crippen molar-refractivity contribution in [1.29, 1.82) is 0 Å². The minimum Gasteiger partial charge on any atom is -0.277 e. The lowest BCUT2D eigenvalue weighted by Gasteiger charge is -2.00. The van der Waals surface area contributed by atoms with Gasteiger partial charge in [-0.05, 0) is 24.3 Å². The summed E-state index contributed by atoms with van der Waals surface area (Å²) >= 11 is 5.88. The molecule has 23 heavy (non-hydrogen) atoms. The van der Waals surface area contributed by atoms with Gasteiger partial charge in [-0.15, -0.1) is 0 Å². The molecule has 3 rings (SSSR count). The van der Waals surface area contributed by atoms with Crippen LogP contribution in [-0.2, 0) is 0 Å². The Morgan fingerprint density at radius 3 is 2.78 bits per heavy atom. The van der Waals surface area contributed by atoms with Crippen LogP contribution in [0.1, 0.15) is 15.9 Å². The molecule has 114 valence electrons. The molecule has 7 heteroatoms. The number of pyridine rings is 1. The lowest BCUT2D eigenvalue weighted by molar-refractivity contribution is 0.0955. The monoisotopic (exact) mass is 325 g/mol. The van der Waals surface area contributed by atoms with Crippen LogP contribution in [0, 0.1) is 0 Å². The van der Waals surface area contributed by atoms with Crippen molar-refractivity contribution in [2.75, 3.05) is 0 Å². The first kappa shape index (κ1) is 14.9. The Hall–Kier alpha value is -2.99. The van der Waals surface area contributed by atoms with Crippen LogP contribution in [0.15, 0.2) is 60.1 Å². The number of carbonyl (C=O) groups is 1. The van der Waals surface area contributed by atoms with Crippen LogP contribution in [0.5, 0.6) is 0 Å². The molecular formula is C16H12ClN5O. The second-order valence-corrected chi connectivity index (χ2v) is 5.08. The zero-order chi connectivity index (χ0) is 16.1. The highest BCUT2D eigenvalue weighted by Gasteiger charge is 2.07. The van der Waals surface area contributed by atoms with Gasteiger partial charge in [0.05, 0.1) is 23.7 Å². The van der Waals surface area contributed by atoms with E-state index in [9.17, 15) is 4.79 Å². The van der Waals surface area contributed by atoms with Crippen molar-refractivity contribution in [2.24, 2.45) is 5.10 Å². The van der Waals surface area contributed by atoms with E-state index in [0.717, 1.165) is 16.8 Å². The smallest absolute Gasteiger partial charge is 0.272 e. The average Bonchev–Trinajstić information content (AvgIpc) is 3.05. The largest absolute Gasteiger partial charge is 0.277 e. The number of H-pyrrole nitrogens is 1. The highest BCUT2D eigenvalue weighted by atomic mass is 35.5. The topological polar surface area (TPSA) is 83.0 Å². The summed E-state index contributed by atoms with van der Waals surface area (Å²) < 4.78 is 0. The Bertz CT molecular complexity index is 827. The second-order valence-electron chi connectivity index (χ2n) is 4.65. The molecule has 3 aromatic rings. The molecule has 0 fully saturated rings. The number of amides is 1. The molecule has 2 heterocycles. The molecule has 0 saturated heterocycles. The number of aromatic amines is 1. The predicted molar refractivity (Wildman–Crippen MR) is 88.3 cm³/mol. The number of halogens is 1. The Morgan fingerprint density at radius 2 is 2.04 bits per heavy atom. The lowest BCUT2D eigenvalue weighted by atomic mass is 10.1. The van der Waals surface area contributed by atoms with Crippen LogP contribution in [0.25, 0.3) is 11.3 Å². The number of hydrogen-bond donors (Lipinski definition) is 2. The number of hydrazone groups is 1. The summed E-state index contributed by atoms with van der Waals surface area (Å²) in [5.74, 6) is -0.328. The SMILES string of the molecule is O=C(N/N=C/c1cn[nH]c1-c1ccc(Cl)cc1)c1cccnc1. The molecule has 1 aromatic carbocycles. The number of rotatable bonds is 4. The van der Waals surface area contributed by atoms with Crippen molar-refractivity contribution < 1.29 is 4.79 Å². The van der Waals surface area contributed by atoms with Crippen LogP contribution in [0.3, 0.4) is 0 Å². The molecule has 2 N–H and O–H groups in total.